The number of nitrogens with zero attached hydrogens (tertiary/aromatic N) is 1. The summed E-state index contributed by atoms with van der Waals surface area (Å²) in [5.74, 6) is -1.82. The van der Waals surface area contributed by atoms with Crippen molar-refractivity contribution < 1.29 is 14.7 Å². The lowest BCUT2D eigenvalue weighted by Gasteiger charge is -2.21. The zero-order valence-electron chi connectivity index (χ0n) is 14.6. The highest BCUT2D eigenvalue weighted by atomic mass is 35.5. The maximum atomic E-state index is 12.9. The molecule has 3 rings (SSSR count). The van der Waals surface area contributed by atoms with Crippen LogP contribution in [0.3, 0.4) is 0 Å². The van der Waals surface area contributed by atoms with Gasteiger partial charge in [0, 0.05) is 29.9 Å². The number of benzene rings is 2. The normalized spacial score (nSPS) is 20.8. The smallest absolute Gasteiger partial charge is 0.308 e. The predicted molar refractivity (Wildman–Crippen MR) is 101 cm³/mol. The van der Waals surface area contributed by atoms with Gasteiger partial charge >= 0.3 is 5.97 Å². The lowest BCUT2D eigenvalue weighted by Crippen LogP contribution is -2.35. The molecule has 1 unspecified atom stereocenters. The Labute approximate surface area is 158 Å². The number of carboxylic acids is 1. The van der Waals surface area contributed by atoms with E-state index in [-0.39, 0.29) is 24.3 Å². The number of hydrogen-bond acceptors (Lipinski definition) is 2. The Morgan fingerprint density at radius 3 is 2.54 bits per heavy atom. The summed E-state index contributed by atoms with van der Waals surface area (Å²) in [6.07, 6.45) is 0.587. The largest absolute Gasteiger partial charge is 0.481 e. The Kier molecular flexibility index (Phi) is 5.62. The van der Waals surface area contributed by atoms with E-state index in [9.17, 15) is 14.7 Å². The first-order valence-electron chi connectivity index (χ1n) is 8.76. The van der Waals surface area contributed by atoms with Crippen molar-refractivity contribution >= 4 is 23.5 Å². The van der Waals surface area contributed by atoms with E-state index in [1.807, 2.05) is 55.5 Å². The van der Waals surface area contributed by atoms with Crippen LogP contribution in [0.5, 0.6) is 0 Å². The lowest BCUT2D eigenvalue weighted by atomic mass is 9.89. The second-order valence-electron chi connectivity index (χ2n) is 6.94. The summed E-state index contributed by atoms with van der Waals surface area (Å²) in [5.41, 5.74) is 1.98. The van der Waals surface area contributed by atoms with Crippen molar-refractivity contribution in [1.29, 1.82) is 0 Å². The Hall–Kier alpha value is -2.33. The van der Waals surface area contributed by atoms with Gasteiger partial charge in [-0.1, -0.05) is 61.0 Å². The first-order valence-corrected chi connectivity index (χ1v) is 9.14. The molecule has 26 heavy (non-hydrogen) atoms. The van der Waals surface area contributed by atoms with E-state index in [2.05, 4.69) is 0 Å². The van der Waals surface area contributed by atoms with Gasteiger partial charge in [-0.3, -0.25) is 9.59 Å². The standard InChI is InChI=1S/C21H22ClNO3/c1-14(10-15-6-5-9-17(22)11-15)20(24)23-12-18(19(13-23)21(25)26)16-7-3-2-4-8-16/h2-9,11,14,18-19H,10,12-13H2,1H3,(H,25,26)/t14?,18-,19-/m0/s1. The fourth-order valence-corrected chi connectivity index (χ4v) is 3.90. The van der Waals surface area contributed by atoms with Crippen LogP contribution >= 0.6 is 11.6 Å². The van der Waals surface area contributed by atoms with Crippen LogP contribution in [0, 0.1) is 11.8 Å². The van der Waals surface area contributed by atoms with Gasteiger partial charge < -0.3 is 10.0 Å². The third-order valence-electron chi connectivity index (χ3n) is 5.03. The van der Waals surface area contributed by atoms with Crippen molar-refractivity contribution in [3.8, 4) is 0 Å². The van der Waals surface area contributed by atoms with Gasteiger partial charge in [0.2, 0.25) is 5.91 Å². The number of rotatable bonds is 5. The Bertz CT molecular complexity index is 793. The van der Waals surface area contributed by atoms with Crippen molar-refractivity contribution in [2.75, 3.05) is 13.1 Å². The minimum absolute atomic E-state index is 0.00495. The molecular weight excluding hydrogens is 350 g/mol. The number of halogens is 1. The molecule has 4 nitrogen and oxygen atoms in total. The van der Waals surface area contributed by atoms with E-state index in [1.165, 1.54) is 0 Å². The monoisotopic (exact) mass is 371 g/mol. The van der Waals surface area contributed by atoms with E-state index in [1.54, 1.807) is 11.0 Å². The van der Waals surface area contributed by atoms with E-state index in [0.29, 0.717) is 18.0 Å². The van der Waals surface area contributed by atoms with Crippen molar-refractivity contribution in [3.05, 3.63) is 70.7 Å². The number of hydrogen-bond donors (Lipinski definition) is 1. The van der Waals surface area contributed by atoms with Crippen molar-refractivity contribution in [1.82, 2.24) is 4.90 Å². The van der Waals surface area contributed by atoms with Crippen molar-refractivity contribution in [2.24, 2.45) is 11.8 Å². The van der Waals surface area contributed by atoms with Gasteiger partial charge in [-0.2, -0.15) is 0 Å². The molecule has 0 saturated carbocycles. The SMILES string of the molecule is CC(Cc1cccc(Cl)c1)C(=O)N1C[C@H](C(=O)O)[C@H](c2ccccc2)C1. The molecule has 0 aromatic heterocycles. The molecule has 1 aliphatic heterocycles. The number of amides is 1. The number of carboxylic acid groups (broad SMARTS) is 1. The second kappa shape index (κ2) is 7.92. The molecule has 3 atom stereocenters. The van der Waals surface area contributed by atoms with Gasteiger partial charge in [-0.25, -0.2) is 0 Å². The summed E-state index contributed by atoms with van der Waals surface area (Å²) in [6, 6.07) is 17.1. The van der Waals surface area contributed by atoms with Gasteiger partial charge in [0.15, 0.2) is 0 Å². The van der Waals surface area contributed by atoms with Gasteiger partial charge in [0.05, 0.1) is 5.92 Å². The van der Waals surface area contributed by atoms with Gasteiger partial charge in [-0.15, -0.1) is 0 Å². The minimum Gasteiger partial charge on any atom is -0.481 e. The number of carbonyl (C=O) groups excluding carboxylic acids is 1. The molecule has 1 fully saturated rings. The fraction of sp³-hybridized carbons (Fsp3) is 0.333. The maximum Gasteiger partial charge on any atom is 0.308 e. The van der Waals surface area contributed by atoms with Crippen LogP contribution < -0.4 is 0 Å². The number of likely N-dealkylation sites (tertiary alicyclic amines) is 1. The van der Waals surface area contributed by atoms with Crippen LogP contribution in [0.25, 0.3) is 0 Å². The Balaban J connectivity index is 1.72. The van der Waals surface area contributed by atoms with E-state index < -0.39 is 11.9 Å². The Morgan fingerprint density at radius 2 is 1.88 bits per heavy atom. The topological polar surface area (TPSA) is 57.6 Å². The summed E-state index contributed by atoms with van der Waals surface area (Å²) < 4.78 is 0. The van der Waals surface area contributed by atoms with Crippen LogP contribution in [0.4, 0.5) is 0 Å². The van der Waals surface area contributed by atoms with Gasteiger partial charge in [0.25, 0.3) is 0 Å². The summed E-state index contributed by atoms with van der Waals surface area (Å²) >= 11 is 6.02. The highest BCUT2D eigenvalue weighted by Crippen LogP contribution is 2.33. The summed E-state index contributed by atoms with van der Waals surface area (Å²) in [7, 11) is 0. The molecule has 1 amide bonds. The first kappa shape index (κ1) is 18.5. The molecule has 2 aromatic rings. The van der Waals surface area contributed by atoms with E-state index in [0.717, 1.165) is 11.1 Å². The van der Waals surface area contributed by atoms with Crippen LogP contribution in [-0.2, 0) is 16.0 Å². The summed E-state index contributed by atoms with van der Waals surface area (Å²) in [4.78, 5) is 26.3. The van der Waals surface area contributed by atoms with Crippen LogP contribution in [0.1, 0.15) is 24.0 Å². The molecule has 136 valence electrons. The predicted octanol–water partition coefficient (Wildman–Crippen LogP) is 3.85. The number of carbonyl (C=O) groups is 2. The zero-order chi connectivity index (χ0) is 18.7. The summed E-state index contributed by atoms with van der Waals surface area (Å²) in [6.45, 7) is 2.59. The molecule has 2 aromatic carbocycles. The molecule has 1 saturated heterocycles. The molecule has 0 radical (unpaired) electrons. The quantitative estimate of drug-likeness (QED) is 0.868. The molecular formula is C21H22ClNO3. The minimum atomic E-state index is -0.850. The highest BCUT2D eigenvalue weighted by Gasteiger charge is 2.41. The molecule has 0 spiro atoms. The van der Waals surface area contributed by atoms with E-state index >= 15 is 0 Å². The first-order chi connectivity index (χ1) is 12.5. The summed E-state index contributed by atoms with van der Waals surface area (Å²) in [5, 5.41) is 10.2. The third kappa shape index (κ3) is 4.07. The van der Waals surface area contributed by atoms with Crippen molar-refractivity contribution in [3.63, 3.8) is 0 Å². The van der Waals surface area contributed by atoms with Crippen molar-refractivity contribution in [2.45, 2.75) is 19.3 Å². The average molecular weight is 372 g/mol. The van der Waals surface area contributed by atoms with Crippen LogP contribution in [0.2, 0.25) is 5.02 Å². The molecule has 1 aliphatic rings. The van der Waals surface area contributed by atoms with E-state index in [4.69, 9.17) is 11.6 Å². The molecule has 0 bridgehead atoms. The van der Waals surface area contributed by atoms with Gasteiger partial charge in [-0.05, 0) is 29.7 Å². The second-order valence-corrected chi connectivity index (χ2v) is 7.38. The molecule has 1 heterocycles. The molecule has 5 heteroatoms. The average Bonchev–Trinajstić information content (AvgIpc) is 3.07. The van der Waals surface area contributed by atoms with Crippen LogP contribution in [-0.4, -0.2) is 35.0 Å². The lowest BCUT2D eigenvalue weighted by molar-refractivity contribution is -0.142. The molecule has 1 N–H and O–H groups in total. The van der Waals surface area contributed by atoms with Crippen LogP contribution in [0.15, 0.2) is 54.6 Å². The number of aliphatic carboxylic acids is 1. The van der Waals surface area contributed by atoms with Gasteiger partial charge in [0.1, 0.15) is 0 Å². The Morgan fingerprint density at radius 1 is 1.15 bits per heavy atom. The highest BCUT2D eigenvalue weighted by molar-refractivity contribution is 6.30. The third-order valence-corrected chi connectivity index (χ3v) is 5.26. The zero-order valence-corrected chi connectivity index (χ0v) is 15.4. The maximum absolute atomic E-state index is 12.9. The fourth-order valence-electron chi connectivity index (χ4n) is 3.69. The molecule has 0 aliphatic carbocycles.